The summed E-state index contributed by atoms with van der Waals surface area (Å²) in [5.41, 5.74) is 2.98. The molecule has 0 aliphatic carbocycles. The number of nitrogens with zero attached hydrogens (tertiary/aromatic N) is 1. The summed E-state index contributed by atoms with van der Waals surface area (Å²) in [5.74, 6) is 0.523. The Kier molecular flexibility index (Phi) is 4.57. The highest BCUT2D eigenvalue weighted by Gasteiger charge is 2.24. The van der Waals surface area contributed by atoms with E-state index in [4.69, 9.17) is 9.47 Å². The topological polar surface area (TPSA) is 47.9 Å². The van der Waals surface area contributed by atoms with Gasteiger partial charge in [-0.05, 0) is 42.3 Å². The van der Waals surface area contributed by atoms with Gasteiger partial charge in [0.25, 0.3) is 0 Å². The fourth-order valence-electron chi connectivity index (χ4n) is 2.36. The zero-order valence-electron chi connectivity index (χ0n) is 13.5. The first-order valence-corrected chi connectivity index (χ1v) is 7.56. The molecule has 0 saturated heterocycles. The lowest BCUT2D eigenvalue weighted by Crippen LogP contribution is -2.05. The summed E-state index contributed by atoms with van der Waals surface area (Å²) >= 11 is 0. The zero-order valence-corrected chi connectivity index (χ0v) is 13.5. The highest BCUT2D eigenvalue weighted by molar-refractivity contribution is 6.11. The smallest absolute Gasteiger partial charge is 0.363 e. The van der Waals surface area contributed by atoms with Crippen LogP contribution in [0.25, 0.3) is 6.08 Å². The normalized spacial score (nSPS) is 16.1. The Bertz CT molecular complexity index is 848. The van der Waals surface area contributed by atoms with Crippen molar-refractivity contribution in [2.24, 2.45) is 4.99 Å². The van der Waals surface area contributed by atoms with E-state index < -0.39 is 5.97 Å². The maximum Gasteiger partial charge on any atom is 0.363 e. The predicted octanol–water partition coefficient (Wildman–Crippen LogP) is 3.99. The van der Waals surface area contributed by atoms with Crippen molar-refractivity contribution in [2.45, 2.75) is 6.92 Å². The minimum atomic E-state index is -0.450. The Hall–Kier alpha value is -3.14. The molecule has 4 nitrogen and oxygen atoms in total. The number of hydrogen-bond donors (Lipinski definition) is 0. The van der Waals surface area contributed by atoms with E-state index in [0.717, 1.165) is 11.1 Å². The molecule has 24 heavy (non-hydrogen) atoms. The van der Waals surface area contributed by atoms with Crippen LogP contribution in [0.5, 0.6) is 5.75 Å². The molecule has 0 N–H and O–H groups in total. The van der Waals surface area contributed by atoms with Gasteiger partial charge in [0.2, 0.25) is 5.90 Å². The number of rotatable bonds is 4. The molecule has 0 bridgehead atoms. The molecule has 0 fully saturated rings. The van der Waals surface area contributed by atoms with Gasteiger partial charge >= 0.3 is 5.97 Å². The summed E-state index contributed by atoms with van der Waals surface area (Å²) in [4.78, 5) is 16.3. The van der Waals surface area contributed by atoms with Gasteiger partial charge in [-0.25, -0.2) is 9.79 Å². The van der Waals surface area contributed by atoms with Crippen molar-refractivity contribution in [1.29, 1.82) is 0 Å². The lowest BCUT2D eigenvalue weighted by molar-refractivity contribution is -0.130. The van der Waals surface area contributed by atoms with Crippen molar-refractivity contribution in [2.75, 3.05) is 7.11 Å². The van der Waals surface area contributed by atoms with Crippen LogP contribution in [0.15, 0.2) is 76.9 Å². The van der Waals surface area contributed by atoms with Crippen molar-refractivity contribution in [3.63, 3.8) is 0 Å². The standard InChI is InChI=1S/C20H17NO3/c1-14(11-15-7-4-3-5-8-15)12-18-20(22)24-19(21-18)16-9-6-10-17(13-16)23-2/h3-13H,1-2H3/b14-11+,18-12-. The number of benzene rings is 2. The second-order valence-electron chi connectivity index (χ2n) is 5.37. The van der Waals surface area contributed by atoms with Crippen LogP contribution in [0.1, 0.15) is 18.1 Å². The lowest BCUT2D eigenvalue weighted by Gasteiger charge is -2.02. The van der Waals surface area contributed by atoms with Gasteiger partial charge in [-0.1, -0.05) is 42.5 Å². The molecule has 0 saturated carbocycles. The third-order valence-corrected chi connectivity index (χ3v) is 3.50. The van der Waals surface area contributed by atoms with Gasteiger partial charge in [-0.15, -0.1) is 0 Å². The monoisotopic (exact) mass is 319 g/mol. The van der Waals surface area contributed by atoms with Crippen LogP contribution in [0.2, 0.25) is 0 Å². The lowest BCUT2D eigenvalue weighted by atomic mass is 10.1. The molecule has 0 radical (unpaired) electrons. The minimum Gasteiger partial charge on any atom is -0.497 e. The van der Waals surface area contributed by atoms with Crippen LogP contribution >= 0.6 is 0 Å². The Morgan fingerprint density at radius 1 is 1.12 bits per heavy atom. The van der Waals surface area contributed by atoms with Gasteiger partial charge in [0, 0.05) is 5.56 Å². The minimum absolute atomic E-state index is 0.289. The van der Waals surface area contributed by atoms with E-state index in [1.54, 1.807) is 19.3 Å². The fourth-order valence-corrected chi connectivity index (χ4v) is 2.36. The summed E-state index contributed by atoms with van der Waals surface area (Å²) in [7, 11) is 1.59. The van der Waals surface area contributed by atoms with Crippen LogP contribution in [0.4, 0.5) is 0 Å². The average Bonchev–Trinajstić information content (AvgIpc) is 2.96. The second-order valence-corrected chi connectivity index (χ2v) is 5.37. The number of carbonyl (C=O) groups is 1. The van der Waals surface area contributed by atoms with E-state index in [9.17, 15) is 4.79 Å². The third kappa shape index (κ3) is 3.60. The molecule has 120 valence electrons. The summed E-state index contributed by atoms with van der Waals surface area (Å²) < 4.78 is 10.5. The highest BCUT2D eigenvalue weighted by atomic mass is 16.6. The number of cyclic esters (lactones) is 1. The van der Waals surface area contributed by atoms with Crippen molar-refractivity contribution in [3.05, 3.63) is 83.1 Å². The maximum absolute atomic E-state index is 12.0. The molecule has 1 heterocycles. The molecule has 2 aromatic carbocycles. The van der Waals surface area contributed by atoms with Crippen LogP contribution in [0, 0.1) is 0 Å². The molecule has 0 aromatic heterocycles. The molecule has 3 rings (SSSR count). The first kappa shape index (κ1) is 15.7. The van der Waals surface area contributed by atoms with E-state index in [1.165, 1.54) is 0 Å². The van der Waals surface area contributed by atoms with Crippen LogP contribution < -0.4 is 4.74 Å². The summed E-state index contributed by atoms with van der Waals surface area (Å²) in [6.07, 6.45) is 3.71. The van der Waals surface area contributed by atoms with Crippen LogP contribution in [-0.2, 0) is 9.53 Å². The molecular formula is C20H17NO3. The van der Waals surface area contributed by atoms with Gasteiger partial charge in [-0.3, -0.25) is 0 Å². The zero-order chi connectivity index (χ0) is 16.9. The molecule has 4 heteroatoms. The molecule has 0 atom stereocenters. The summed E-state index contributed by atoms with van der Waals surface area (Å²) in [6, 6.07) is 17.2. The number of ether oxygens (including phenoxy) is 2. The second kappa shape index (κ2) is 6.96. The maximum atomic E-state index is 12.0. The van der Waals surface area contributed by atoms with Gasteiger partial charge in [0.05, 0.1) is 7.11 Å². The van der Waals surface area contributed by atoms with Crippen molar-refractivity contribution >= 4 is 17.9 Å². The van der Waals surface area contributed by atoms with Crippen LogP contribution in [0.3, 0.4) is 0 Å². The first-order chi connectivity index (χ1) is 11.7. The molecule has 0 unspecified atom stereocenters. The summed E-state index contributed by atoms with van der Waals surface area (Å²) in [6.45, 7) is 1.92. The van der Waals surface area contributed by atoms with Gasteiger partial charge in [-0.2, -0.15) is 0 Å². The number of hydrogen-bond acceptors (Lipinski definition) is 4. The molecule has 0 spiro atoms. The van der Waals surface area contributed by atoms with Crippen molar-refractivity contribution in [3.8, 4) is 5.75 Å². The number of carbonyl (C=O) groups excluding carboxylic acids is 1. The van der Waals surface area contributed by atoms with E-state index in [2.05, 4.69) is 4.99 Å². The predicted molar refractivity (Wildman–Crippen MR) is 93.8 cm³/mol. The molecule has 0 amide bonds. The van der Waals surface area contributed by atoms with E-state index in [1.807, 2.05) is 61.5 Å². The largest absolute Gasteiger partial charge is 0.497 e. The number of allylic oxidation sites excluding steroid dienone is 2. The Labute approximate surface area is 140 Å². The van der Waals surface area contributed by atoms with Gasteiger partial charge in [0.15, 0.2) is 5.70 Å². The highest BCUT2D eigenvalue weighted by Crippen LogP contribution is 2.21. The Morgan fingerprint density at radius 2 is 1.92 bits per heavy atom. The van der Waals surface area contributed by atoms with Gasteiger partial charge in [0.1, 0.15) is 5.75 Å². The van der Waals surface area contributed by atoms with Gasteiger partial charge < -0.3 is 9.47 Å². The van der Waals surface area contributed by atoms with E-state index in [-0.39, 0.29) is 11.6 Å². The molecule has 1 aliphatic heterocycles. The van der Waals surface area contributed by atoms with E-state index >= 15 is 0 Å². The quantitative estimate of drug-likeness (QED) is 0.632. The van der Waals surface area contributed by atoms with E-state index in [0.29, 0.717) is 11.3 Å². The Morgan fingerprint density at radius 3 is 2.67 bits per heavy atom. The Balaban J connectivity index is 1.87. The summed E-state index contributed by atoms with van der Waals surface area (Å²) in [5, 5.41) is 0. The fraction of sp³-hybridized carbons (Fsp3) is 0.100. The number of aliphatic imine (C=N–C) groups is 1. The number of methoxy groups -OCH3 is 1. The molecule has 1 aliphatic rings. The van der Waals surface area contributed by atoms with Crippen molar-refractivity contribution < 1.29 is 14.3 Å². The third-order valence-electron chi connectivity index (χ3n) is 3.50. The molecular weight excluding hydrogens is 302 g/mol. The average molecular weight is 319 g/mol. The van der Waals surface area contributed by atoms with Crippen molar-refractivity contribution in [1.82, 2.24) is 0 Å². The molecule has 2 aromatic rings. The first-order valence-electron chi connectivity index (χ1n) is 7.56. The SMILES string of the molecule is COc1cccc(C2=N/C(=C\C(C)=C\c3ccccc3)C(=O)O2)c1. The van der Waals surface area contributed by atoms with Crippen LogP contribution in [-0.4, -0.2) is 19.0 Å². The number of esters is 1.